The summed E-state index contributed by atoms with van der Waals surface area (Å²) in [5.41, 5.74) is -0.755. The number of carbonyl (C=O) groups excluding carboxylic acids is 2. The van der Waals surface area contributed by atoms with E-state index in [1.165, 1.54) is 13.2 Å². The largest absolute Gasteiger partial charge is 0.492 e. The van der Waals surface area contributed by atoms with Crippen molar-refractivity contribution in [3.8, 4) is 5.75 Å². The van der Waals surface area contributed by atoms with Gasteiger partial charge in [0.2, 0.25) is 0 Å². The Bertz CT molecular complexity index is 696. The minimum Gasteiger partial charge on any atom is -0.492 e. The summed E-state index contributed by atoms with van der Waals surface area (Å²) in [6, 6.07) is 2.29. The van der Waals surface area contributed by atoms with Crippen molar-refractivity contribution in [3.05, 3.63) is 28.5 Å². The number of nitrogens with zero attached hydrogens (tertiary/aromatic N) is 1. The minimum atomic E-state index is -0.796. The molecule has 0 aliphatic carbocycles. The van der Waals surface area contributed by atoms with Crippen molar-refractivity contribution in [2.24, 2.45) is 5.92 Å². The van der Waals surface area contributed by atoms with Gasteiger partial charge in [0.25, 0.3) is 0 Å². The number of piperidine rings is 1. The van der Waals surface area contributed by atoms with Crippen molar-refractivity contribution in [1.82, 2.24) is 4.90 Å². The van der Waals surface area contributed by atoms with E-state index in [2.05, 4.69) is 4.74 Å². The zero-order valence-electron chi connectivity index (χ0n) is 16.0. The highest BCUT2D eigenvalue weighted by Gasteiger charge is 2.27. The first-order valence-electron chi connectivity index (χ1n) is 8.79. The van der Waals surface area contributed by atoms with Crippen molar-refractivity contribution in [3.63, 3.8) is 0 Å². The van der Waals surface area contributed by atoms with Crippen LogP contribution in [0, 0.1) is 11.7 Å². The Morgan fingerprint density at radius 1 is 1.26 bits per heavy atom. The third kappa shape index (κ3) is 5.99. The Hall–Kier alpha value is -2.02. The summed E-state index contributed by atoms with van der Waals surface area (Å²) in [5, 5.41) is 0.142. The number of carbonyl (C=O) groups is 2. The normalized spacial score (nSPS) is 15.4. The SMILES string of the molecule is COC(=O)c1cc(Cl)c(OCC2CCN(C(=O)OC(C)(C)C)CC2)cc1F. The maximum Gasteiger partial charge on any atom is 0.410 e. The third-order valence-electron chi connectivity index (χ3n) is 4.17. The van der Waals surface area contributed by atoms with E-state index < -0.39 is 17.4 Å². The van der Waals surface area contributed by atoms with Gasteiger partial charge in [-0.25, -0.2) is 14.0 Å². The molecule has 1 heterocycles. The average molecular weight is 402 g/mol. The first kappa shape index (κ1) is 21.3. The van der Waals surface area contributed by atoms with Crippen LogP contribution in [-0.4, -0.2) is 49.4 Å². The van der Waals surface area contributed by atoms with Gasteiger partial charge in [0.1, 0.15) is 17.2 Å². The molecule has 1 aliphatic heterocycles. The average Bonchev–Trinajstić information content (AvgIpc) is 2.60. The second kappa shape index (κ2) is 8.78. The van der Waals surface area contributed by atoms with Crippen LogP contribution in [0.2, 0.25) is 5.02 Å². The van der Waals surface area contributed by atoms with Gasteiger partial charge in [-0.3, -0.25) is 0 Å². The second-order valence-corrected chi connectivity index (χ2v) is 7.88. The van der Waals surface area contributed by atoms with Crippen molar-refractivity contribution < 1.29 is 28.2 Å². The van der Waals surface area contributed by atoms with Crippen molar-refractivity contribution in [1.29, 1.82) is 0 Å². The number of halogens is 2. The minimum absolute atomic E-state index is 0.142. The molecule has 2 rings (SSSR count). The van der Waals surface area contributed by atoms with E-state index >= 15 is 0 Å². The first-order chi connectivity index (χ1) is 12.6. The van der Waals surface area contributed by atoms with Crippen molar-refractivity contribution in [2.75, 3.05) is 26.8 Å². The van der Waals surface area contributed by atoms with Crippen molar-refractivity contribution >= 4 is 23.7 Å². The summed E-state index contributed by atoms with van der Waals surface area (Å²) in [6.07, 6.45) is 1.18. The number of likely N-dealkylation sites (tertiary alicyclic amines) is 1. The fraction of sp³-hybridized carbons (Fsp3) is 0.579. The Kier molecular flexibility index (Phi) is 6.92. The van der Waals surface area contributed by atoms with Crippen LogP contribution >= 0.6 is 11.6 Å². The molecule has 1 saturated heterocycles. The monoisotopic (exact) mass is 401 g/mol. The van der Waals surface area contributed by atoms with Crippen LogP contribution in [0.3, 0.4) is 0 Å². The van der Waals surface area contributed by atoms with Crippen LogP contribution in [0.15, 0.2) is 12.1 Å². The third-order valence-corrected chi connectivity index (χ3v) is 4.46. The first-order valence-corrected chi connectivity index (χ1v) is 9.16. The molecule has 0 spiro atoms. The Morgan fingerprint density at radius 2 is 1.89 bits per heavy atom. The molecule has 0 radical (unpaired) electrons. The zero-order valence-corrected chi connectivity index (χ0v) is 16.8. The molecule has 27 heavy (non-hydrogen) atoms. The summed E-state index contributed by atoms with van der Waals surface area (Å²) in [6.45, 7) is 7.00. The van der Waals surface area contributed by atoms with Gasteiger partial charge >= 0.3 is 12.1 Å². The molecule has 0 bridgehead atoms. The molecule has 1 amide bonds. The molecule has 0 unspecified atom stereocenters. The smallest absolute Gasteiger partial charge is 0.410 e. The van der Waals surface area contributed by atoms with Crippen LogP contribution < -0.4 is 4.74 Å². The van der Waals surface area contributed by atoms with Crippen molar-refractivity contribution in [2.45, 2.75) is 39.2 Å². The highest BCUT2D eigenvalue weighted by molar-refractivity contribution is 6.32. The van der Waals surface area contributed by atoms with Crippen LogP contribution in [-0.2, 0) is 9.47 Å². The van der Waals surface area contributed by atoms with Crippen LogP contribution in [0.1, 0.15) is 44.0 Å². The van der Waals surface area contributed by atoms with Crippen LogP contribution in [0.25, 0.3) is 0 Å². The standard InChI is InChI=1S/C19H25ClFNO5/c1-19(2,3)27-18(24)22-7-5-12(6-8-22)11-26-16-10-15(21)13(9-14(16)20)17(23)25-4/h9-10,12H,5-8,11H2,1-4H3. The van der Waals surface area contributed by atoms with Gasteiger partial charge in [0, 0.05) is 19.2 Å². The number of esters is 1. The number of benzene rings is 1. The summed E-state index contributed by atoms with van der Waals surface area (Å²) >= 11 is 6.08. The molecule has 8 heteroatoms. The number of amides is 1. The molecule has 0 aromatic heterocycles. The Balaban J connectivity index is 1.87. The molecule has 0 saturated carbocycles. The lowest BCUT2D eigenvalue weighted by Gasteiger charge is -2.33. The topological polar surface area (TPSA) is 65.1 Å². The molecule has 6 nitrogen and oxygen atoms in total. The molecule has 1 aliphatic rings. The van der Waals surface area contributed by atoms with Gasteiger partial charge in [-0.05, 0) is 45.6 Å². The van der Waals surface area contributed by atoms with E-state index in [1.807, 2.05) is 20.8 Å². The predicted octanol–water partition coefficient (Wildman–Crippen LogP) is 4.29. The Labute approximate surface area is 163 Å². The zero-order chi connectivity index (χ0) is 20.2. The number of rotatable bonds is 4. The van der Waals surface area contributed by atoms with Crippen LogP contribution in [0.4, 0.5) is 9.18 Å². The Morgan fingerprint density at radius 3 is 2.44 bits per heavy atom. The van der Waals surface area contributed by atoms with E-state index in [0.717, 1.165) is 18.9 Å². The van der Waals surface area contributed by atoms with Gasteiger partial charge in [-0.1, -0.05) is 11.6 Å². The van der Waals surface area contributed by atoms with Gasteiger partial charge in [-0.15, -0.1) is 0 Å². The van der Waals surface area contributed by atoms with E-state index in [0.29, 0.717) is 19.7 Å². The maximum atomic E-state index is 14.0. The quantitative estimate of drug-likeness (QED) is 0.704. The summed E-state index contributed by atoms with van der Waals surface area (Å²) in [7, 11) is 1.17. The van der Waals surface area contributed by atoms with E-state index in [9.17, 15) is 14.0 Å². The number of hydrogen-bond acceptors (Lipinski definition) is 5. The van der Waals surface area contributed by atoms with Gasteiger partial charge in [0.15, 0.2) is 0 Å². The highest BCUT2D eigenvalue weighted by Crippen LogP contribution is 2.29. The molecule has 1 aromatic carbocycles. The predicted molar refractivity (Wildman–Crippen MR) is 98.8 cm³/mol. The molecular weight excluding hydrogens is 377 g/mol. The molecule has 0 atom stereocenters. The summed E-state index contributed by atoms with van der Waals surface area (Å²) < 4.78 is 29.5. The fourth-order valence-electron chi connectivity index (χ4n) is 2.72. The molecule has 1 aromatic rings. The number of hydrogen-bond donors (Lipinski definition) is 0. The lowest BCUT2D eigenvalue weighted by molar-refractivity contribution is 0.0164. The van der Waals surface area contributed by atoms with Gasteiger partial charge in [-0.2, -0.15) is 0 Å². The lowest BCUT2D eigenvalue weighted by atomic mass is 9.98. The molecule has 150 valence electrons. The number of methoxy groups -OCH3 is 1. The summed E-state index contributed by atoms with van der Waals surface area (Å²) in [4.78, 5) is 25.2. The molecule has 1 fully saturated rings. The molecule has 0 N–H and O–H groups in total. The maximum absolute atomic E-state index is 14.0. The fourth-order valence-corrected chi connectivity index (χ4v) is 2.94. The van der Waals surface area contributed by atoms with E-state index in [4.69, 9.17) is 21.1 Å². The number of ether oxygens (including phenoxy) is 3. The summed E-state index contributed by atoms with van der Waals surface area (Å²) in [5.74, 6) is -1.16. The lowest BCUT2D eigenvalue weighted by Crippen LogP contribution is -2.42. The van der Waals surface area contributed by atoms with E-state index in [-0.39, 0.29) is 28.3 Å². The van der Waals surface area contributed by atoms with Crippen LogP contribution in [0.5, 0.6) is 5.75 Å². The highest BCUT2D eigenvalue weighted by atomic mass is 35.5. The van der Waals surface area contributed by atoms with E-state index in [1.54, 1.807) is 4.90 Å². The second-order valence-electron chi connectivity index (χ2n) is 7.48. The van der Waals surface area contributed by atoms with Gasteiger partial charge < -0.3 is 19.1 Å². The van der Waals surface area contributed by atoms with Gasteiger partial charge in [0.05, 0.1) is 24.3 Å². The molecular formula is C19H25ClFNO5.